The molecule has 0 aromatic heterocycles. The summed E-state index contributed by atoms with van der Waals surface area (Å²) in [6.45, 7) is 6.83. The number of benzene rings is 3. The third kappa shape index (κ3) is 5.35. The van der Waals surface area contributed by atoms with Crippen LogP contribution in [0.1, 0.15) is 51.8 Å². The van der Waals surface area contributed by atoms with Gasteiger partial charge in [0.25, 0.3) is 0 Å². The maximum atomic E-state index is 13.1. The van der Waals surface area contributed by atoms with E-state index in [0.29, 0.717) is 35.7 Å². The fourth-order valence-electron chi connectivity index (χ4n) is 4.86. The fourth-order valence-corrected chi connectivity index (χ4v) is 6.02. The van der Waals surface area contributed by atoms with Gasteiger partial charge in [0, 0.05) is 34.0 Å². The third-order valence-electron chi connectivity index (χ3n) is 7.05. The molecule has 2 aliphatic rings. The van der Waals surface area contributed by atoms with Gasteiger partial charge in [0.05, 0.1) is 24.3 Å². The zero-order valence-electron chi connectivity index (χ0n) is 21.5. The van der Waals surface area contributed by atoms with Crippen LogP contribution in [-0.2, 0) is 9.47 Å². The minimum Gasteiger partial charge on any atom is -0.490 e. The first-order valence-electron chi connectivity index (χ1n) is 12.7. The molecule has 0 amide bonds. The van der Waals surface area contributed by atoms with Crippen molar-refractivity contribution >= 4 is 23.5 Å². The summed E-state index contributed by atoms with van der Waals surface area (Å²) in [6.07, 6.45) is -0.892. The van der Waals surface area contributed by atoms with E-state index in [2.05, 4.69) is 4.90 Å². The van der Waals surface area contributed by atoms with Gasteiger partial charge >= 0.3 is 5.97 Å². The van der Waals surface area contributed by atoms with Crippen LogP contribution in [-0.4, -0.2) is 66.8 Å². The van der Waals surface area contributed by atoms with Gasteiger partial charge < -0.3 is 19.3 Å². The maximum absolute atomic E-state index is 13.1. The number of aliphatic hydroxyl groups excluding tert-OH is 1. The molecular formula is C30H31NO6S. The van der Waals surface area contributed by atoms with Crippen LogP contribution in [0.25, 0.3) is 0 Å². The molecule has 1 fully saturated rings. The highest BCUT2D eigenvalue weighted by Crippen LogP contribution is 2.45. The smallest absolute Gasteiger partial charge is 0.338 e. The predicted octanol–water partition coefficient (Wildman–Crippen LogP) is 4.76. The highest BCUT2D eigenvalue weighted by Gasteiger charge is 2.36. The second-order valence-electron chi connectivity index (χ2n) is 9.76. The summed E-state index contributed by atoms with van der Waals surface area (Å²) in [4.78, 5) is 30.0. The Labute approximate surface area is 226 Å². The topological polar surface area (TPSA) is 85.3 Å². The number of ether oxygens (including phenoxy) is 3. The van der Waals surface area contributed by atoms with Crippen molar-refractivity contribution in [3.05, 3.63) is 89.0 Å². The highest BCUT2D eigenvalue weighted by molar-refractivity contribution is 7.99. The monoisotopic (exact) mass is 533 g/mol. The molecule has 0 aliphatic carbocycles. The fraction of sp³-hybridized carbons (Fsp3) is 0.333. The first kappa shape index (κ1) is 26.4. The van der Waals surface area contributed by atoms with E-state index in [9.17, 15) is 14.7 Å². The van der Waals surface area contributed by atoms with Crippen LogP contribution >= 0.6 is 11.8 Å². The summed E-state index contributed by atoms with van der Waals surface area (Å²) in [5.41, 5.74) is 1.70. The number of carbonyl (C=O) groups is 2. The van der Waals surface area contributed by atoms with Crippen molar-refractivity contribution in [1.29, 1.82) is 0 Å². The van der Waals surface area contributed by atoms with Gasteiger partial charge in [0.2, 0.25) is 0 Å². The first-order chi connectivity index (χ1) is 18.4. The zero-order valence-corrected chi connectivity index (χ0v) is 22.3. The van der Waals surface area contributed by atoms with Crippen LogP contribution in [0.4, 0.5) is 0 Å². The van der Waals surface area contributed by atoms with E-state index >= 15 is 0 Å². The maximum Gasteiger partial charge on any atom is 0.338 e. The van der Waals surface area contributed by atoms with Crippen molar-refractivity contribution < 1.29 is 28.9 Å². The summed E-state index contributed by atoms with van der Waals surface area (Å²) < 4.78 is 16.6. The standard InChI is InChI=1S/C30H31NO6S/c1-30(2,31-14-16-35-17-15-31)28(33)20-10-12-21(13-11-20)36-18-19-37-29(34)23-7-5-9-25-26(23)27(32)22-6-3-4-8-24(22)38-25/h3-13,27,32H,14-19H2,1-2H3. The number of esters is 1. The molecule has 3 aromatic rings. The Bertz CT molecular complexity index is 1320. The summed E-state index contributed by atoms with van der Waals surface area (Å²) in [5.74, 6) is 0.132. The number of hydrogen-bond donors (Lipinski definition) is 1. The van der Waals surface area contributed by atoms with Crippen LogP contribution in [0.5, 0.6) is 5.75 Å². The molecule has 3 aromatic carbocycles. The number of Topliss-reactive ketones (excluding diaryl/α,β-unsaturated/α-hetero) is 1. The summed E-state index contributed by atoms with van der Waals surface area (Å²) in [7, 11) is 0. The van der Waals surface area contributed by atoms with Crippen molar-refractivity contribution in [2.75, 3.05) is 39.5 Å². The highest BCUT2D eigenvalue weighted by atomic mass is 32.2. The molecule has 198 valence electrons. The number of aliphatic hydroxyl groups is 1. The Morgan fingerprint density at radius 3 is 2.45 bits per heavy atom. The largest absolute Gasteiger partial charge is 0.490 e. The van der Waals surface area contributed by atoms with Gasteiger partial charge in [0.15, 0.2) is 5.78 Å². The van der Waals surface area contributed by atoms with E-state index in [1.165, 1.54) is 11.8 Å². The zero-order chi connectivity index (χ0) is 26.7. The molecule has 0 saturated carbocycles. The lowest BCUT2D eigenvalue weighted by Crippen LogP contribution is -2.54. The molecule has 1 unspecified atom stereocenters. The average Bonchev–Trinajstić information content (AvgIpc) is 2.95. The van der Waals surface area contributed by atoms with Crippen molar-refractivity contribution in [2.24, 2.45) is 0 Å². The molecule has 8 heteroatoms. The third-order valence-corrected chi connectivity index (χ3v) is 8.22. The first-order valence-corrected chi connectivity index (χ1v) is 13.5. The van der Waals surface area contributed by atoms with E-state index < -0.39 is 17.6 Å². The summed E-state index contributed by atoms with van der Waals surface area (Å²) in [5, 5.41) is 11.0. The second kappa shape index (κ2) is 11.3. The molecule has 1 atom stereocenters. The van der Waals surface area contributed by atoms with Crippen molar-refractivity contribution in [2.45, 2.75) is 35.3 Å². The Morgan fingerprint density at radius 1 is 0.974 bits per heavy atom. The van der Waals surface area contributed by atoms with Gasteiger partial charge in [-0.1, -0.05) is 36.0 Å². The number of morpholine rings is 1. The number of nitrogens with zero attached hydrogens (tertiary/aromatic N) is 1. The summed E-state index contributed by atoms with van der Waals surface area (Å²) in [6, 6.07) is 20.0. The number of hydrogen-bond acceptors (Lipinski definition) is 8. The van der Waals surface area contributed by atoms with E-state index in [1.807, 2.05) is 44.2 Å². The molecule has 1 N–H and O–H groups in total. The van der Waals surface area contributed by atoms with Crippen LogP contribution in [0.3, 0.4) is 0 Å². The van der Waals surface area contributed by atoms with Crippen molar-refractivity contribution in [3.63, 3.8) is 0 Å². The molecule has 0 bridgehead atoms. The number of rotatable bonds is 8. The average molecular weight is 534 g/mol. The number of ketones is 1. The van der Waals surface area contributed by atoms with Gasteiger partial charge in [-0.05, 0) is 61.9 Å². The van der Waals surface area contributed by atoms with Gasteiger partial charge in [-0.25, -0.2) is 4.79 Å². The predicted molar refractivity (Wildman–Crippen MR) is 144 cm³/mol. The van der Waals surface area contributed by atoms with E-state index in [1.54, 1.807) is 36.4 Å². The normalized spacial score (nSPS) is 17.3. The van der Waals surface area contributed by atoms with E-state index in [-0.39, 0.29) is 19.0 Å². The van der Waals surface area contributed by atoms with Crippen LogP contribution in [0.15, 0.2) is 76.5 Å². The molecule has 1 saturated heterocycles. The van der Waals surface area contributed by atoms with Crippen LogP contribution in [0.2, 0.25) is 0 Å². The SMILES string of the molecule is CC(C)(C(=O)c1ccc(OCCOC(=O)c2cccc3c2C(O)c2ccccc2S3)cc1)N1CCOCC1. The summed E-state index contributed by atoms with van der Waals surface area (Å²) >= 11 is 1.53. The van der Waals surface area contributed by atoms with Gasteiger partial charge in [-0.15, -0.1) is 0 Å². The Morgan fingerprint density at radius 2 is 1.68 bits per heavy atom. The van der Waals surface area contributed by atoms with Gasteiger partial charge in [-0.2, -0.15) is 0 Å². The van der Waals surface area contributed by atoms with E-state index in [4.69, 9.17) is 14.2 Å². The van der Waals surface area contributed by atoms with Gasteiger partial charge in [0.1, 0.15) is 25.1 Å². The van der Waals surface area contributed by atoms with Gasteiger partial charge in [-0.3, -0.25) is 9.69 Å². The molecular weight excluding hydrogens is 502 g/mol. The van der Waals surface area contributed by atoms with Crippen LogP contribution in [0, 0.1) is 0 Å². The number of carbonyl (C=O) groups excluding carboxylic acids is 2. The second-order valence-corrected chi connectivity index (χ2v) is 10.8. The van der Waals surface area contributed by atoms with E-state index in [0.717, 1.165) is 28.4 Å². The van der Waals surface area contributed by atoms with Crippen LogP contribution < -0.4 is 4.74 Å². The lowest BCUT2D eigenvalue weighted by Gasteiger charge is -2.39. The Balaban J connectivity index is 1.15. The lowest BCUT2D eigenvalue weighted by molar-refractivity contribution is -0.00430. The molecule has 0 radical (unpaired) electrons. The quantitative estimate of drug-likeness (QED) is 0.252. The lowest BCUT2D eigenvalue weighted by atomic mass is 9.91. The minimum absolute atomic E-state index is 0.0487. The molecule has 7 nitrogen and oxygen atoms in total. The Kier molecular flexibility index (Phi) is 7.85. The molecule has 38 heavy (non-hydrogen) atoms. The molecule has 5 rings (SSSR count). The molecule has 0 spiro atoms. The Hall–Kier alpha value is -3.17. The van der Waals surface area contributed by atoms with Crippen molar-refractivity contribution in [1.82, 2.24) is 4.90 Å². The van der Waals surface area contributed by atoms with Crippen molar-refractivity contribution in [3.8, 4) is 5.75 Å². The number of fused-ring (bicyclic) bond motifs is 2. The molecule has 2 heterocycles. The minimum atomic E-state index is -0.892. The molecule has 2 aliphatic heterocycles.